The molecule has 40 heavy (non-hydrogen) atoms. The van der Waals surface area contributed by atoms with Crippen molar-refractivity contribution in [3.63, 3.8) is 0 Å². The molecule has 0 aliphatic rings. The van der Waals surface area contributed by atoms with Gasteiger partial charge in [-0.3, -0.25) is 13.9 Å². The molecule has 3 aromatic rings. The van der Waals surface area contributed by atoms with Crippen LogP contribution < -0.4 is 9.62 Å². The van der Waals surface area contributed by atoms with Gasteiger partial charge in [0.2, 0.25) is 21.8 Å². The van der Waals surface area contributed by atoms with E-state index in [1.807, 2.05) is 44.2 Å². The van der Waals surface area contributed by atoms with E-state index < -0.39 is 28.5 Å². The molecule has 0 bridgehead atoms. The van der Waals surface area contributed by atoms with Crippen molar-refractivity contribution in [3.05, 3.63) is 99.0 Å². The van der Waals surface area contributed by atoms with Crippen molar-refractivity contribution in [2.45, 2.75) is 45.3 Å². The SMILES string of the molecule is CCC(C)NC(=O)C(Cc1ccccc1)N(Cc1c(Cl)cccc1Cl)C(=O)CN(c1cccc(Cl)c1)S(C)(=O)=O. The highest BCUT2D eigenvalue weighted by molar-refractivity contribution is 7.92. The second-order valence-electron chi connectivity index (χ2n) is 9.49. The van der Waals surface area contributed by atoms with Crippen LogP contribution in [0.2, 0.25) is 15.1 Å². The fourth-order valence-electron chi connectivity index (χ4n) is 4.09. The molecule has 11 heteroatoms. The summed E-state index contributed by atoms with van der Waals surface area (Å²) in [4.78, 5) is 29.1. The van der Waals surface area contributed by atoms with E-state index in [9.17, 15) is 18.0 Å². The van der Waals surface area contributed by atoms with Crippen LogP contribution in [0, 0.1) is 0 Å². The molecular formula is C29H32Cl3N3O4S. The Balaban J connectivity index is 2.11. The van der Waals surface area contributed by atoms with Crippen LogP contribution in [-0.4, -0.2) is 50.0 Å². The second kappa shape index (κ2) is 14.2. The summed E-state index contributed by atoms with van der Waals surface area (Å²) in [5, 5.41) is 3.93. The number of carbonyl (C=O) groups is 2. The number of halogens is 3. The lowest BCUT2D eigenvalue weighted by Gasteiger charge is -2.34. The van der Waals surface area contributed by atoms with Crippen molar-refractivity contribution < 1.29 is 18.0 Å². The summed E-state index contributed by atoms with van der Waals surface area (Å²) in [6.45, 7) is 3.14. The Morgan fingerprint density at radius 2 is 1.55 bits per heavy atom. The third-order valence-electron chi connectivity index (χ3n) is 6.44. The molecule has 214 valence electrons. The number of carbonyl (C=O) groups excluding carboxylic acids is 2. The lowest BCUT2D eigenvalue weighted by atomic mass is 10.0. The number of nitrogens with zero attached hydrogens (tertiary/aromatic N) is 2. The van der Waals surface area contributed by atoms with Gasteiger partial charge in [0.25, 0.3) is 0 Å². The molecule has 7 nitrogen and oxygen atoms in total. The maximum atomic E-state index is 14.1. The number of nitrogens with one attached hydrogen (secondary N) is 1. The molecule has 2 amide bonds. The summed E-state index contributed by atoms with van der Waals surface area (Å²) in [5.41, 5.74) is 1.50. The van der Waals surface area contributed by atoms with Crippen LogP contribution in [0.3, 0.4) is 0 Å². The average molecular weight is 625 g/mol. The lowest BCUT2D eigenvalue weighted by molar-refractivity contribution is -0.140. The van der Waals surface area contributed by atoms with Crippen molar-refractivity contribution in [1.82, 2.24) is 10.2 Å². The Labute approximate surface area is 251 Å². The van der Waals surface area contributed by atoms with Gasteiger partial charge in [-0.15, -0.1) is 0 Å². The van der Waals surface area contributed by atoms with Crippen LogP contribution in [0.5, 0.6) is 0 Å². The first-order chi connectivity index (χ1) is 18.9. The molecule has 3 aromatic carbocycles. The highest BCUT2D eigenvalue weighted by Gasteiger charge is 2.34. The van der Waals surface area contributed by atoms with E-state index in [2.05, 4.69) is 5.32 Å². The molecule has 1 N–H and O–H groups in total. The Morgan fingerprint density at radius 1 is 0.925 bits per heavy atom. The summed E-state index contributed by atoms with van der Waals surface area (Å²) in [6, 6.07) is 19.3. The van der Waals surface area contributed by atoms with Gasteiger partial charge < -0.3 is 10.2 Å². The standard InChI is InChI=1S/C29H32Cl3N3O4S/c1-4-20(2)33-29(37)27(16-21-10-6-5-7-11-21)34(18-24-25(31)14-9-15-26(24)32)28(36)19-35(40(3,38)39)23-13-8-12-22(30)17-23/h5-15,17,20,27H,4,16,18-19H2,1-3H3,(H,33,37). The zero-order valence-corrected chi connectivity index (χ0v) is 25.6. The first-order valence-corrected chi connectivity index (χ1v) is 15.7. The quantitative estimate of drug-likeness (QED) is 0.269. The average Bonchev–Trinajstić information content (AvgIpc) is 2.90. The van der Waals surface area contributed by atoms with Crippen molar-refractivity contribution in [2.24, 2.45) is 0 Å². The van der Waals surface area contributed by atoms with Gasteiger partial charge in [-0.2, -0.15) is 0 Å². The smallest absolute Gasteiger partial charge is 0.244 e. The maximum Gasteiger partial charge on any atom is 0.244 e. The fourth-order valence-corrected chi connectivity index (χ4v) is 5.64. The van der Waals surface area contributed by atoms with E-state index in [0.717, 1.165) is 16.1 Å². The first-order valence-electron chi connectivity index (χ1n) is 12.7. The zero-order chi connectivity index (χ0) is 29.4. The number of hydrogen-bond acceptors (Lipinski definition) is 4. The molecule has 0 aliphatic carbocycles. The fraction of sp³-hybridized carbons (Fsp3) is 0.310. The molecule has 0 saturated heterocycles. The van der Waals surface area contributed by atoms with E-state index in [0.29, 0.717) is 27.1 Å². The zero-order valence-electron chi connectivity index (χ0n) is 22.5. The number of amides is 2. The summed E-state index contributed by atoms with van der Waals surface area (Å²) in [7, 11) is -3.91. The Hall–Kier alpha value is -2.78. The molecule has 0 saturated carbocycles. The monoisotopic (exact) mass is 623 g/mol. The van der Waals surface area contributed by atoms with E-state index in [4.69, 9.17) is 34.8 Å². The molecule has 0 heterocycles. The molecule has 2 atom stereocenters. The normalized spacial score (nSPS) is 12.8. The second-order valence-corrected chi connectivity index (χ2v) is 12.7. The van der Waals surface area contributed by atoms with Gasteiger partial charge in [0, 0.05) is 39.6 Å². The van der Waals surface area contributed by atoms with Crippen LogP contribution in [0.15, 0.2) is 72.8 Å². The van der Waals surface area contributed by atoms with Crippen LogP contribution in [0.4, 0.5) is 5.69 Å². The highest BCUT2D eigenvalue weighted by atomic mass is 35.5. The highest BCUT2D eigenvalue weighted by Crippen LogP contribution is 2.28. The molecule has 0 aromatic heterocycles. The largest absolute Gasteiger partial charge is 0.352 e. The first kappa shape index (κ1) is 31.7. The maximum absolute atomic E-state index is 14.1. The Kier molecular flexibility index (Phi) is 11.3. The van der Waals surface area contributed by atoms with Gasteiger partial charge in [0.15, 0.2) is 0 Å². The summed E-state index contributed by atoms with van der Waals surface area (Å²) in [5.74, 6) is -0.981. The van der Waals surface area contributed by atoms with E-state index >= 15 is 0 Å². The van der Waals surface area contributed by atoms with Gasteiger partial charge >= 0.3 is 0 Å². The minimum atomic E-state index is -3.91. The third-order valence-corrected chi connectivity index (χ3v) is 8.52. The summed E-state index contributed by atoms with van der Waals surface area (Å²) < 4.78 is 26.6. The van der Waals surface area contributed by atoms with Gasteiger partial charge in [0.1, 0.15) is 12.6 Å². The van der Waals surface area contributed by atoms with Crippen LogP contribution in [0.25, 0.3) is 0 Å². The van der Waals surface area contributed by atoms with Gasteiger partial charge in [-0.05, 0) is 49.2 Å². The van der Waals surface area contributed by atoms with Crippen molar-refractivity contribution in [1.29, 1.82) is 0 Å². The molecule has 0 radical (unpaired) electrons. The van der Waals surface area contributed by atoms with Crippen LogP contribution in [0.1, 0.15) is 31.4 Å². The van der Waals surface area contributed by atoms with Crippen LogP contribution >= 0.6 is 34.8 Å². The third kappa shape index (κ3) is 8.61. The topological polar surface area (TPSA) is 86.8 Å². The Bertz CT molecular complexity index is 1420. The number of hydrogen-bond donors (Lipinski definition) is 1. The predicted octanol–water partition coefficient (Wildman–Crippen LogP) is 5.97. The van der Waals surface area contributed by atoms with E-state index in [-0.39, 0.29) is 30.6 Å². The molecule has 2 unspecified atom stereocenters. The molecule has 3 rings (SSSR count). The van der Waals surface area contributed by atoms with Crippen molar-refractivity contribution in [2.75, 3.05) is 17.1 Å². The number of anilines is 1. The molecular weight excluding hydrogens is 593 g/mol. The van der Waals surface area contributed by atoms with Crippen molar-refractivity contribution in [3.8, 4) is 0 Å². The van der Waals surface area contributed by atoms with Gasteiger partial charge in [0.05, 0.1) is 11.9 Å². The summed E-state index contributed by atoms with van der Waals surface area (Å²) >= 11 is 19.1. The minimum absolute atomic E-state index is 0.115. The number of rotatable bonds is 12. The molecule has 0 aliphatic heterocycles. The molecule has 0 fully saturated rings. The van der Waals surface area contributed by atoms with E-state index in [1.165, 1.54) is 11.0 Å². The number of sulfonamides is 1. The van der Waals surface area contributed by atoms with Crippen molar-refractivity contribution >= 4 is 62.3 Å². The predicted molar refractivity (Wildman–Crippen MR) is 162 cm³/mol. The Morgan fingerprint density at radius 3 is 2.12 bits per heavy atom. The van der Waals surface area contributed by atoms with E-state index in [1.54, 1.807) is 36.4 Å². The summed E-state index contributed by atoms with van der Waals surface area (Å²) in [6.07, 6.45) is 1.88. The number of benzene rings is 3. The van der Waals surface area contributed by atoms with Gasteiger partial charge in [-0.25, -0.2) is 8.42 Å². The van der Waals surface area contributed by atoms with Gasteiger partial charge in [-0.1, -0.05) is 84.2 Å². The lowest BCUT2D eigenvalue weighted by Crippen LogP contribution is -2.54. The molecule has 0 spiro atoms. The van der Waals surface area contributed by atoms with Crippen LogP contribution in [-0.2, 0) is 32.6 Å². The minimum Gasteiger partial charge on any atom is -0.352 e.